The van der Waals surface area contributed by atoms with Gasteiger partial charge < -0.3 is 10.1 Å². The molecule has 0 unspecified atom stereocenters. The molecule has 3 amide bonds. The number of benzene rings is 1. The van der Waals surface area contributed by atoms with Gasteiger partial charge in [0, 0.05) is 31.8 Å². The van der Waals surface area contributed by atoms with Gasteiger partial charge in [-0.3, -0.25) is 19.3 Å². The Morgan fingerprint density at radius 1 is 1.15 bits per heavy atom. The molecule has 0 fully saturated rings. The number of imide groups is 1. The number of nitrogens with zero attached hydrogens (tertiary/aromatic N) is 2. The lowest BCUT2D eigenvalue weighted by atomic mass is 10.1. The molecule has 1 aliphatic heterocycles. The van der Waals surface area contributed by atoms with Crippen molar-refractivity contribution in [3.8, 4) is 5.88 Å². The van der Waals surface area contributed by atoms with Crippen molar-refractivity contribution in [2.75, 3.05) is 13.2 Å². The second kappa shape index (κ2) is 7.99. The summed E-state index contributed by atoms with van der Waals surface area (Å²) >= 11 is 0. The number of carbonyl (C=O) groups is 3. The van der Waals surface area contributed by atoms with E-state index in [1.165, 1.54) is 0 Å². The summed E-state index contributed by atoms with van der Waals surface area (Å²) in [5.74, 6) is -0.427. The van der Waals surface area contributed by atoms with Crippen LogP contribution in [0.15, 0.2) is 36.5 Å². The number of carbonyl (C=O) groups excluding carboxylic acids is 3. The van der Waals surface area contributed by atoms with Gasteiger partial charge in [0.1, 0.15) is 0 Å². The van der Waals surface area contributed by atoms with Gasteiger partial charge in [-0.25, -0.2) is 4.98 Å². The molecule has 2 heterocycles. The number of aryl methyl sites for hydroxylation is 1. The van der Waals surface area contributed by atoms with Crippen molar-refractivity contribution >= 4 is 17.7 Å². The van der Waals surface area contributed by atoms with Crippen LogP contribution in [0.1, 0.15) is 45.2 Å². The highest BCUT2D eigenvalue weighted by Crippen LogP contribution is 2.23. The van der Waals surface area contributed by atoms with Crippen molar-refractivity contribution in [3.63, 3.8) is 0 Å². The predicted octanol–water partition coefficient (Wildman–Crippen LogP) is 2.09. The quantitative estimate of drug-likeness (QED) is 0.757. The zero-order chi connectivity index (χ0) is 19.4. The molecule has 0 bridgehead atoms. The lowest BCUT2D eigenvalue weighted by molar-refractivity contribution is -0.121. The average molecular weight is 367 g/mol. The summed E-state index contributed by atoms with van der Waals surface area (Å²) in [5, 5.41) is 2.78. The number of hydrogen-bond donors (Lipinski definition) is 1. The Morgan fingerprint density at radius 2 is 1.93 bits per heavy atom. The predicted molar refractivity (Wildman–Crippen MR) is 98.4 cm³/mol. The van der Waals surface area contributed by atoms with Gasteiger partial charge in [-0.05, 0) is 37.6 Å². The Hall–Kier alpha value is -3.22. The Labute approximate surface area is 157 Å². The Bertz CT molecular complexity index is 895. The number of ether oxygens (including phenoxy) is 1. The molecule has 0 saturated heterocycles. The molecule has 0 spiro atoms. The molecule has 3 rings (SSSR count). The molecule has 27 heavy (non-hydrogen) atoms. The van der Waals surface area contributed by atoms with Crippen LogP contribution < -0.4 is 10.1 Å². The van der Waals surface area contributed by atoms with E-state index < -0.39 is 0 Å². The van der Waals surface area contributed by atoms with Gasteiger partial charge in [0.05, 0.1) is 17.7 Å². The smallest absolute Gasteiger partial charge is 0.261 e. The van der Waals surface area contributed by atoms with Crippen LogP contribution in [-0.2, 0) is 11.3 Å². The lowest BCUT2D eigenvalue weighted by Gasteiger charge is -2.13. The number of nitrogens with one attached hydrogen (secondary N) is 1. The first-order valence-electron chi connectivity index (χ1n) is 8.81. The Balaban J connectivity index is 1.53. The lowest BCUT2D eigenvalue weighted by Crippen LogP contribution is -2.34. The third-order valence-corrected chi connectivity index (χ3v) is 4.27. The fourth-order valence-corrected chi connectivity index (χ4v) is 2.90. The zero-order valence-corrected chi connectivity index (χ0v) is 15.3. The average Bonchev–Trinajstić information content (AvgIpc) is 2.89. The summed E-state index contributed by atoms with van der Waals surface area (Å²) in [6, 6.07) is 8.70. The Morgan fingerprint density at radius 3 is 2.70 bits per heavy atom. The number of aromatic nitrogens is 1. The maximum atomic E-state index is 12.4. The molecule has 1 aromatic heterocycles. The number of amides is 3. The highest BCUT2D eigenvalue weighted by molar-refractivity contribution is 6.21. The molecule has 2 aromatic rings. The van der Waals surface area contributed by atoms with Crippen molar-refractivity contribution in [2.24, 2.45) is 0 Å². The van der Waals surface area contributed by atoms with E-state index in [0.29, 0.717) is 30.2 Å². The summed E-state index contributed by atoms with van der Waals surface area (Å²) < 4.78 is 5.33. The van der Waals surface area contributed by atoms with E-state index in [1.807, 2.05) is 13.8 Å². The van der Waals surface area contributed by atoms with Crippen LogP contribution in [0, 0.1) is 6.92 Å². The first-order valence-corrected chi connectivity index (χ1v) is 8.81. The van der Waals surface area contributed by atoms with Crippen molar-refractivity contribution in [1.29, 1.82) is 0 Å². The fraction of sp³-hybridized carbons (Fsp3) is 0.300. The van der Waals surface area contributed by atoms with Crippen LogP contribution in [0.5, 0.6) is 5.88 Å². The molecule has 0 radical (unpaired) electrons. The van der Waals surface area contributed by atoms with E-state index in [-0.39, 0.29) is 30.7 Å². The SMILES string of the molecule is CCOc1cc(CNC(=O)CCN2C(=O)c3ccc(C)cc3C2=O)ccn1. The molecule has 0 aliphatic carbocycles. The van der Waals surface area contributed by atoms with Crippen LogP contribution in [0.25, 0.3) is 0 Å². The van der Waals surface area contributed by atoms with E-state index in [9.17, 15) is 14.4 Å². The van der Waals surface area contributed by atoms with E-state index in [0.717, 1.165) is 16.0 Å². The largest absolute Gasteiger partial charge is 0.478 e. The molecule has 1 aromatic carbocycles. The maximum Gasteiger partial charge on any atom is 0.261 e. The van der Waals surface area contributed by atoms with Crippen LogP contribution in [-0.4, -0.2) is 40.8 Å². The van der Waals surface area contributed by atoms with Gasteiger partial charge in [0.2, 0.25) is 11.8 Å². The number of rotatable bonds is 7. The van der Waals surface area contributed by atoms with Gasteiger partial charge in [0.15, 0.2) is 0 Å². The third-order valence-electron chi connectivity index (χ3n) is 4.27. The van der Waals surface area contributed by atoms with Crippen LogP contribution in [0.3, 0.4) is 0 Å². The fourth-order valence-electron chi connectivity index (χ4n) is 2.90. The summed E-state index contributed by atoms with van der Waals surface area (Å²) in [4.78, 5) is 42.1. The van der Waals surface area contributed by atoms with Gasteiger partial charge >= 0.3 is 0 Å². The zero-order valence-electron chi connectivity index (χ0n) is 15.3. The van der Waals surface area contributed by atoms with Gasteiger partial charge in [-0.2, -0.15) is 0 Å². The van der Waals surface area contributed by atoms with Gasteiger partial charge in [-0.1, -0.05) is 11.6 Å². The van der Waals surface area contributed by atoms with Crippen molar-refractivity contribution in [3.05, 3.63) is 58.8 Å². The highest BCUT2D eigenvalue weighted by Gasteiger charge is 2.35. The van der Waals surface area contributed by atoms with E-state index in [4.69, 9.17) is 4.74 Å². The molecule has 1 N–H and O–H groups in total. The minimum atomic E-state index is -0.349. The van der Waals surface area contributed by atoms with Crippen molar-refractivity contribution < 1.29 is 19.1 Å². The number of fused-ring (bicyclic) bond motifs is 1. The monoisotopic (exact) mass is 367 g/mol. The van der Waals surface area contributed by atoms with Crippen LogP contribution >= 0.6 is 0 Å². The molecule has 0 saturated carbocycles. The summed E-state index contributed by atoms with van der Waals surface area (Å²) in [6.45, 7) is 4.63. The standard InChI is InChI=1S/C20H21N3O4/c1-3-27-18-11-14(6-8-21-18)12-22-17(24)7-9-23-19(25)15-5-4-13(2)10-16(15)20(23)26/h4-6,8,10-11H,3,7,9,12H2,1-2H3,(H,22,24). The summed E-state index contributed by atoms with van der Waals surface area (Å²) in [5.41, 5.74) is 2.57. The number of pyridine rings is 1. The van der Waals surface area contributed by atoms with E-state index >= 15 is 0 Å². The highest BCUT2D eigenvalue weighted by atomic mass is 16.5. The molecular formula is C20H21N3O4. The molecule has 0 atom stereocenters. The second-order valence-electron chi connectivity index (χ2n) is 6.27. The summed E-state index contributed by atoms with van der Waals surface area (Å²) in [7, 11) is 0. The van der Waals surface area contributed by atoms with Gasteiger partial charge in [0.25, 0.3) is 11.8 Å². The Kier molecular flexibility index (Phi) is 5.49. The van der Waals surface area contributed by atoms with Gasteiger partial charge in [-0.15, -0.1) is 0 Å². The minimum absolute atomic E-state index is 0.0495. The molecule has 140 valence electrons. The molecule has 1 aliphatic rings. The normalized spacial score (nSPS) is 12.9. The topological polar surface area (TPSA) is 88.6 Å². The van der Waals surface area contributed by atoms with Crippen molar-refractivity contribution in [2.45, 2.75) is 26.8 Å². The van der Waals surface area contributed by atoms with E-state index in [1.54, 1.807) is 36.5 Å². The minimum Gasteiger partial charge on any atom is -0.478 e. The van der Waals surface area contributed by atoms with Crippen LogP contribution in [0.2, 0.25) is 0 Å². The second-order valence-corrected chi connectivity index (χ2v) is 6.27. The molecule has 7 heteroatoms. The first kappa shape index (κ1) is 18.6. The third kappa shape index (κ3) is 4.13. The first-order chi connectivity index (χ1) is 13.0. The van der Waals surface area contributed by atoms with E-state index in [2.05, 4.69) is 10.3 Å². The maximum absolute atomic E-state index is 12.4. The number of hydrogen-bond acceptors (Lipinski definition) is 5. The molecular weight excluding hydrogens is 346 g/mol. The summed E-state index contributed by atoms with van der Waals surface area (Å²) in [6.07, 6.45) is 1.67. The van der Waals surface area contributed by atoms with Crippen molar-refractivity contribution in [1.82, 2.24) is 15.2 Å². The molecule has 7 nitrogen and oxygen atoms in total. The van der Waals surface area contributed by atoms with Crippen LogP contribution in [0.4, 0.5) is 0 Å².